The number of carbonyl (C=O) groups is 3. The highest BCUT2D eigenvalue weighted by Crippen LogP contribution is 2.29. The van der Waals surface area contributed by atoms with E-state index in [0.29, 0.717) is 10.7 Å². The maximum absolute atomic E-state index is 13.0. The SMILES string of the molecule is Cc1ccc(NC2NC(=O)C3C(NC(=O)CC3C(=O)Nc3cccc(Cl)c3C)N2)cc1. The molecule has 0 aliphatic carbocycles. The number of carbonyl (C=O) groups excluding carboxylic acids is 3. The van der Waals surface area contributed by atoms with E-state index >= 15 is 0 Å². The smallest absolute Gasteiger partial charge is 0.229 e. The molecule has 5 N–H and O–H groups in total. The lowest BCUT2D eigenvalue weighted by atomic mass is 9.81. The molecule has 2 heterocycles. The zero-order valence-corrected chi connectivity index (χ0v) is 17.9. The van der Waals surface area contributed by atoms with Crippen molar-refractivity contribution in [3.05, 3.63) is 58.6 Å². The van der Waals surface area contributed by atoms with Crippen LogP contribution in [-0.4, -0.2) is 30.2 Å². The van der Waals surface area contributed by atoms with Crippen molar-refractivity contribution in [3.8, 4) is 0 Å². The van der Waals surface area contributed by atoms with Crippen molar-refractivity contribution in [2.75, 3.05) is 10.6 Å². The van der Waals surface area contributed by atoms with Gasteiger partial charge >= 0.3 is 0 Å². The molecule has 31 heavy (non-hydrogen) atoms. The zero-order valence-electron chi connectivity index (χ0n) is 17.2. The third-order valence-corrected chi connectivity index (χ3v) is 6.08. The summed E-state index contributed by atoms with van der Waals surface area (Å²) in [7, 11) is 0. The number of fused-ring (bicyclic) bond motifs is 1. The number of hydrogen-bond acceptors (Lipinski definition) is 5. The molecule has 4 unspecified atom stereocenters. The van der Waals surface area contributed by atoms with Crippen LogP contribution in [0.15, 0.2) is 42.5 Å². The molecule has 4 rings (SSSR count). The van der Waals surface area contributed by atoms with Gasteiger partial charge in [-0.1, -0.05) is 35.4 Å². The van der Waals surface area contributed by atoms with E-state index in [4.69, 9.17) is 11.6 Å². The van der Waals surface area contributed by atoms with Crippen molar-refractivity contribution in [2.24, 2.45) is 11.8 Å². The van der Waals surface area contributed by atoms with E-state index < -0.39 is 30.2 Å². The number of rotatable bonds is 4. The van der Waals surface area contributed by atoms with Crippen molar-refractivity contribution < 1.29 is 14.4 Å². The fourth-order valence-electron chi connectivity index (χ4n) is 3.94. The second kappa shape index (κ2) is 8.56. The first-order valence-electron chi connectivity index (χ1n) is 10.1. The summed E-state index contributed by atoms with van der Waals surface area (Å²) in [5, 5.41) is 15.3. The Morgan fingerprint density at radius 1 is 1.06 bits per heavy atom. The van der Waals surface area contributed by atoms with Crippen LogP contribution in [0.2, 0.25) is 5.02 Å². The minimum Gasteiger partial charge on any atom is -0.353 e. The van der Waals surface area contributed by atoms with E-state index in [2.05, 4.69) is 26.6 Å². The van der Waals surface area contributed by atoms with Gasteiger partial charge in [0.1, 0.15) is 0 Å². The molecule has 0 aromatic heterocycles. The van der Waals surface area contributed by atoms with Crippen LogP contribution in [0.1, 0.15) is 17.5 Å². The Labute approximate surface area is 185 Å². The van der Waals surface area contributed by atoms with Gasteiger partial charge in [0.05, 0.1) is 18.0 Å². The predicted molar refractivity (Wildman–Crippen MR) is 118 cm³/mol. The van der Waals surface area contributed by atoms with Crippen molar-refractivity contribution in [1.82, 2.24) is 16.0 Å². The van der Waals surface area contributed by atoms with E-state index in [1.54, 1.807) is 25.1 Å². The second-order valence-electron chi connectivity index (χ2n) is 7.90. The third-order valence-electron chi connectivity index (χ3n) is 5.67. The van der Waals surface area contributed by atoms with E-state index in [1.165, 1.54) is 0 Å². The van der Waals surface area contributed by atoms with Crippen LogP contribution >= 0.6 is 11.6 Å². The fraction of sp³-hybridized carbons (Fsp3) is 0.318. The summed E-state index contributed by atoms with van der Waals surface area (Å²) in [6, 6.07) is 12.9. The molecule has 2 aliphatic heterocycles. The first kappa shape index (κ1) is 21.1. The molecular weight excluding hydrogens is 418 g/mol. The molecule has 2 saturated heterocycles. The molecule has 162 valence electrons. The quantitative estimate of drug-likeness (QED) is 0.499. The lowest BCUT2D eigenvalue weighted by molar-refractivity contribution is -0.144. The Balaban J connectivity index is 1.49. The Kier molecular flexibility index (Phi) is 5.84. The van der Waals surface area contributed by atoms with Gasteiger partial charge in [-0.25, -0.2) is 0 Å². The fourth-order valence-corrected chi connectivity index (χ4v) is 4.11. The highest BCUT2D eigenvalue weighted by Gasteiger charge is 2.48. The van der Waals surface area contributed by atoms with E-state index in [1.807, 2.05) is 31.2 Å². The number of hydrogen-bond donors (Lipinski definition) is 5. The first-order chi connectivity index (χ1) is 14.8. The average Bonchev–Trinajstić information content (AvgIpc) is 2.72. The molecule has 2 aromatic carbocycles. The van der Waals surface area contributed by atoms with Crippen LogP contribution in [-0.2, 0) is 14.4 Å². The zero-order chi connectivity index (χ0) is 22.1. The Morgan fingerprint density at radius 3 is 2.55 bits per heavy atom. The number of halogens is 1. The highest BCUT2D eigenvalue weighted by atomic mass is 35.5. The van der Waals surface area contributed by atoms with Crippen molar-refractivity contribution >= 4 is 40.7 Å². The van der Waals surface area contributed by atoms with E-state index in [0.717, 1.165) is 16.8 Å². The molecule has 9 heteroatoms. The number of amides is 3. The molecule has 0 radical (unpaired) electrons. The topological polar surface area (TPSA) is 111 Å². The summed E-state index contributed by atoms with van der Waals surface area (Å²) in [4.78, 5) is 38.3. The third kappa shape index (κ3) is 4.50. The predicted octanol–water partition coefficient (Wildman–Crippen LogP) is 2.09. The van der Waals surface area contributed by atoms with Crippen molar-refractivity contribution in [3.63, 3.8) is 0 Å². The Bertz CT molecular complexity index is 1030. The van der Waals surface area contributed by atoms with Crippen LogP contribution in [0.4, 0.5) is 11.4 Å². The Hall–Kier alpha value is -3.10. The van der Waals surface area contributed by atoms with Crippen molar-refractivity contribution in [2.45, 2.75) is 32.7 Å². The Morgan fingerprint density at radius 2 is 1.81 bits per heavy atom. The number of nitrogens with one attached hydrogen (secondary N) is 5. The molecular formula is C22H24ClN5O3. The van der Waals surface area contributed by atoms with Gasteiger partial charge in [-0.05, 0) is 43.7 Å². The molecule has 2 fully saturated rings. The minimum atomic E-state index is -0.815. The summed E-state index contributed by atoms with van der Waals surface area (Å²) in [6.45, 7) is 3.78. The molecule has 4 atom stereocenters. The van der Waals surface area contributed by atoms with Gasteiger partial charge < -0.3 is 21.3 Å². The monoisotopic (exact) mass is 441 g/mol. The van der Waals surface area contributed by atoms with Crippen LogP contribution in [0, 0.1) is 25.7 Å². The van der Waals surface area contributed by atoms with Gasteiger partial charge in [0.15, 0.2) is 6.29 Å². The molecule has 8 nitrogen and oxygen atoms in total. The molecule has 0 spiro atoms. The molecule has 2 aromatic rings. The van der Waals surface area contributed by atoms with Gasteiger partial charge in [0, 0.05) is 22.8 Å². The summed E-state index contributed by atoms with van der Waals surface area (Å²) in [5.74, 6) is -2.55. The van der Waals surface area contributed by atoms with Gasteiger partial charge in [-0.15, -0.1) is 0 Å². The van der Waals surface area contributed by atoms with Crippen LogP contribution in [0.3, 0.4) is 0 Å². The van der Waals surface area contributed by atoms with Gasteiger partial charge in [-0.2, -0.15) is 0 Å². The maximum Gasteiger partial charge on any atom is 0.229 e. The lowest BCUT2D eigenvalue weighted by Gasteiger charge is -2.43. The van der Waals surface area contributed by atoms with Crippen LogP contribution in [0.5, 0.6) is 0 Å². The molecule has 0 bridgehead atoms. The van der Waals surface area contributed by atoms with E-state index in [9.17, 15) is 14.4 Å². The number of piperidine rings is 1. The minimum absolute atomic E-state index is 0.0717. The van der Waals surface area contributed by atoms with Gasteiger partial charge in [0.2, 0.25) is 17.7 Å². The number of benzene rings is 2. The number of aryl methyl sites for hydroxylation is 1. The summed E-state index contributed by atoms with van der Waals surface area (Å²) < 4.78 is 0. The molecule has 2 aliphatic rings. The van der Waals surface area contributed by atoms with Gasteiger partial charge in [-0.3, -0.25) is 19.7 Å². The number of anilines is 2. The second-order valence-corrected chi connectivity index (χ2v) is 8.31. The molecule has 0 saturated carbocycles. The average molecular weight is 442 g/mol. The van der Waals surface area contributed by atoms with Crippen molar-refractivity contribution in [1.29, 1.82) is 0 Å². The highest BCUT2D eigenvalue weighted by molar-refractivity contribution is 6.31. The summed E-state index contributed by atoms with van der Waals surface area (Å²) in [6.07, 6.45) is -1.33. The van der Waals surface area contributed by atoms with Gasteiger partial charge in [0.25, 0.3) is 0 Å². The normalized spacial score (nSPS) is 25.1. The summed E-state index contributed by atoms with van der Waals surface area (Å²) >= 11 is 6.13. The largest absolute Gasteiger partial charge is 0.353 e. The first-order valence-corrected chi connectivity index (χ1v) is 10.4. The lowest BCUT2D eigenvalue weighted by Crippen LogP contribution is -2.72. The van der Waals surface area contributed by atoms with Crippen LogP contribution in [0.25, 0.3) is 0 Å². The summed E-state index contributed by atoms with van der Waals surface area (Å²) in [5.41, 5.74) is 3.22. The standard InChI is InChI=1S/C22H24ClN5O3/c1-11-6-8-13(9-7-11)24-22-27-19-18(21(31)28-22)14(10-17(29)26-19)20(30)25-16-5-3-4-15(23)12(16)2/h3-9,14,18-19,22,24,27H,10H2,1-2H3,(H,25,30)(H,26,29)(H,28,31). The molecule has 3 amide bonds. The maximum atomic E-state index is 13.0. The van der Waals surface area contributed by atoms with E-state index in [-0.39, 0.29) is 18.2 Å². The van der Waals surface area contributed by atoms with Crippen LogP contribution < -0.4 is 26.6 Å².